The maximum Gasteiger partial charge on any atom is 0.330 e. The van der Waals surface area contributed by atoms with Crippen molar-refractivity contribution in [2.24, 2.45) is 5.73 Å². The molecule has 0 saturated carbocycles. The number of hydrogen-bond donors (Lipinski definition) is 2. The van der Waals surface area contributed by atoms with Crippen molar-refractivity contribution in [2.75, 3.05) is 6.61 Å². The third kappa shape index (κ3) is 10.2. The summed E-state index contributed by atoms with van der Waals surface area (Å²) in [5.74, 6) is -1.30. The van der Waals surface area contributed by atoms with Gasteiger partial charge in [0.2, 0.25) is 0 Å². The average Bonchev–Trinajstić information content (AvgIpc) is 2.66. The van der Waals surface area contributed by atoms with Crippen LogP contribution in [0.3, 0.4) is 0 Å². The van der Waals surface area contributed by atoms with E-state index in [0.29, 0.717) is 6.42 Å². The maximum atomic E-state index is 12.2. The SMILES string of the molecule is C=CC(=O)OC(CCCCCCCCCCC)C(CC)(OCC(C)O)C(N)=O. The largest absolute Gasteiger partial charge is 0.456 e. The highest BCUT2D eigenvalue weighted by Crippen LogP contribution is 2.28. The molecule has 0 fully saturated rings. The third-order valence-electron chi connectivity index (χ3n) is 5.04. The fraction of sp³-hybridized carbons (Fsp3) is 0.818. The second kappa shape index (κ2) is 15.5. The zero-order chi connectivity index (χ0) is 21.4. The van der Waals surface area contributed by atoms with Gasteiger partial charge in [0, 0.05) is 6.08 Å². The number of aliphatic hydroxyl groups is 1. The summed E-state index contributed by atoms with van der Waals surface area (Å²) < 4.78 is 11.2. The molecule has 0 bridgehead atoms. The highest BCUT2D eigenvalue weighted by molar-refractivity contribution is 5.86. The number of hydrogen-bond acceptors (Lipinski definition) is 5. The van der Waals surface area contributed by atoms with Crippen molar-refractivity contribution in [3.05, 3.63) is 12.7 Å². The van der Waals surface area contributed by atoms with Crippen molar-refractivity contribution in [1.29, 1.82) is 0 Å². The predicted octanol–water partition coefficient (Wildman–Crippen LogP) is 4.04. The molecule has 0 radical (unpaired) electrons. The molecule has 1 amide bonds. The average molecular weight is 400 g/mol. The molecule has 0 aromatic rings. The molecule has 0 aliphatic rings. The molecule has 6 nitrogen and oxygen atoms in total. The van der Waals surface area contributed by atoms with E-state index >= 15 is 0 Å². The van der Waals surface area contributed by atoms with Crippen molar-refractivity contribution in [2.45, 2.75) is 109 Å². The van der Waals surface area contributed by atoms with Gasteiger partial charge in [-0.3, -0.25) is 4.79 Å². The summed E-state index contributed by atoms with van der Waals surface area (Å²) in [4.78, 5) is 24.0. The fourth-order valence-corrected chi connectivity index (χ4v) is 3.31. The lowest BCUT2D eigenvalue weighted by Crippen LogP contribution is -2.57. The molecule has 6 heteroatoms. The van der Waals surface area contributed by atoms with E-state index in [1.807, 2.05) is 0 Å². The molecule has 0 aromatic heterocycles. The van der Waals surface area contributed by atoms with Crippen LogP contribution in [0.1, 0.15) is 91.4 Å². The second-order valence-corrected chi connectivity index (χ2v) is 7.51. The molecule has 3 atom stereocenters. The first kappa shape index (κ1) is 26.6. The number of amides is 1. The van der Waals surface area contributed by atoms with Crippen LogP contribution in [0, 0.1) is 0 Å². The van der Waals surface area contributed by atoms with E-state index in [1.165, 1.54) is 38.5 Å². The molecule has 0 heterocycles. The van der Waals surface area contributed by atoms with Crippen LogP contribution in [0.2, 0.25) is 0 Å². The quantitative estimate of drug-likeness (QED) is 0.206. The summed E-state index contributed by atoms with van der Waals surface area (Å²) in [6.07, 6.45) is 10.7. The zero-order valence-corrected chi connectivity index (χ0v) is 18.1. The molecule has 3 N–H and O–H groups in total. The van der Waals surface area contributed by atoms with Gasteiger partial charge in [-0.15, -0.1) is 0 Å². The van der Waals surface area contributed by atoms with Crippen molar-refractivity contribution in [3.8, 4) is 0 Å². The smallest absolute Gasteiger partial charge is 0.330 e. The number of esters is 1. The molecule has 0 aromatic carbocycles. The van der Waals surface area contributed by atoms with Gasteiger partial charge in [-0.2, -0.15) is 0 Å². The molecular formula is C22H41NO5. The predicted molar refractivity (Wildman–Crippen MR) is 112 cm³/mol. The molecule has 164 valence electrons. The Bertz CT molecular complexity index is 452. The van der Waals surface area contributed by atoms with Crippen LogP contribution < -0.4 is 5.73 Å². The van der Waals surface area contributed by atoms with Gasteiger partial charge in [0.05, 0.1) is 12.7 Å². The van der Waals surface area contributed by atoms with Crippen LogP contribution in [-0.4, -0.2) is 41.4 Å². The molecular weight excluding hydrogens is 358 g/mol. The summed E-state index contributed by atoms with van der Waals surface area (Å²) in [5.41, 5.74) is 4.19. The van der Waals surface area contributed by atoms with E-state index in [2.05, 4.69) is 13.5 Å². The van der Waals surface area contributed by atoms with Crippen molar-refractivity contribution >= 4 is 11.9 Å². The zero-order valence-electron chi connectivity index (χ0n) is 18.1. The first-order valence-electron chi connectivity index (χ1n) is 10.8. The minimum Gasteiger partial charge on any atom is -0.456 e. The topological polar surface area (TPSA) is 98.8 Å². The van der Waals surface area contributed by atoms with Crippen LogP contribution in [0.4, 0.5) is 0 Å². The van der Waals surface area contributed by atoms with Crippen LogP contribution in [0.15, 0.2) is 12.7 Å². The van der Waals surface area contributed by atoms with Gasteiger partial charge >= 0.3 is 5.97 Å². The van der Waals surface area contributed by atoms with Gasteiger partial charge in [-0.25, -0.2) is 4.79 Å². The number of carbonyl (C=O) groups is 2. The molecule has 0 spiro atoms. The lowest BCUT2D eigenvalue weighted by molar-refractivity contribution is -0.184. The molecule has 28 heavy (non-hydrogen) atoms. The van der Waals surface area contributed by atoms with Crippen molar-refractivity contribution < 1.29 is 24.2 Å². The normalized spacial score (nSPS) is 15.4. The van der Waals surface area contributed by atoms with E-state index in [-0.39, 0.29) is 13.0 Å². The fourth-order valence-electron chi connectivity index (χ4n) is 3.31. The lowest BCUT2D eigenvalue weighted by atomic mass is 9.88. The standard InChI is InChI=1S/C22H41NO5/c1-5-8-9-10-11-12-13-14-15-16-19(28-20(25)6-2)22(7-3,21(23)26)27-17-18(4)24/h6,18-19,24H,2,5,7-17H2,1,3-4H3,(H2,23,26). The third-order valence-corrected chi connectivity index (χ3v) is 5.04. The van der Waals surface area contributed by atoms with E-state index in [9.17, 15) is 14.7 Å². The molecule has 0 rings (SSSR count). The first-order chi connectivity index (χ1) is 13.3. The van der Waals surface area contributed by atoms with Gasteiger partial charge in [0.25, 0.3) is 5.91 Å². The number of unbranched alkanes of at least 4 members (excludes halogenated alkanes) is 8. The summed E-state index contributed by atoms with van der Waals surface area (Å²) in [6, 6.07) is 0. The number of aliphatic hydroxyl groups excluding tert-OH is 1. The Balaban J connectivity index is 4.78. The number of nitrogens with two attached hydrogens (primary N) is 1. The Morgan fingerprint density at radius 2 is 1.61 bits per heavy atom. The van der Waals surface area contributed by atoms with Gasteiger partial charge < -0.3 is 20.3 Å². The Hall–Kier alpha value is -1.40. The number of ether oxygens (including phenoxy) is 2. The molecule has 0 saturated heterocycles. The highest BCUT2D eigenvalue weighted by atomic mass is 16.6. The van der Waals surface area contributed by atoms with E-state index in [1.54, 1.807) is 13.8 Å². The van der Waals surface area contributed by atoms with Crippen LogP contribution in [-0.2, 0) is 19.1 Å². The maximum absolute atomic E-state index is 12.2. The van der Waals surface area contributed by atoms with E-state index < -0.39 is 29.7 Å². The van der Waals surface area contributed by atoms with Gasteiger partial charge in [0.15, 0.2) is 5.60 Å². The van der Waals surface area contributed by atoms with E-state index in [0.717, 1.165) is 25.3 Å². The first-order valence-corrected chi connectivity index (χ1v) is 10.8. The summed E-state index contributed by atoms with van der Waals surface area (Å²) in [6.45, 7) is 8.90. The summed E-state index contributed by atoms with van der Waals surface area (Å²) >= 11 is 0. The number of carbonyl (C=O) groups excluding carboxylic acids is 2. The minimum absolute atomic E-state index is 0.0588. The Kier molecular flexibility index (Phi) is 14.7. The summed E-state index contributed by atoms with van der Waals surface area (Å²) in [5, 5.41) is 9.55. The van der Waals surface area contributed by atoms with Gasteiger partial charge in [0.1, 0.15) is 6.10 Å². The van der Waals surface area contributed by atoms with Crippen LogP contribution in [0.5, 0.6) is 0 Å². The second-order valence-electron chi connectivity index (χ2n) is 7.51. The monoisotopic (exact) mass is 399 g/mol. The van der Waals surface area contributed by atoms with Crippen LogP contribution >= 0.6 is 0 Å². The van der Waals surface area contributed by atoms with Crippen molar-refractivity contribution in [3.63, 3.8) is 0 Å². The Labute approximate surface area is 170 Å². The van der Waals surface area contributed by atoms with Gasteiger partial charge in [-0.1, -0.05) is 71.8 Å². The Morgan fingerprint density at radius 1 is 1.07 bits per heavy atom. The Morgan fingerprint density at radius 3 is 2.04 bits per heavy atom. The number of rotatable bonds is 18. The molecule has 0 aliphatic carbocycles. The molecule has 3 unspecified atom stereocenters. The lowest BCUT2D eigenvalue weighted by Gasteiger charge is -2.37. The van der Waals surface area contributed by atoms with Crippen molar-refractivity contribution in [1.82, 2.24) is 0 Å². The highest BCUT2D eigenvalue weighted by Gasteiger charge is 2.46. The van der Waals surface area contributed by atoms with E-state index in [4.69, 9.17) is 15.2 Å². The van der Waals surface area contributed by atoms with Crippen LogP contribution in [0.25, 0.3) is 0 Å². The minimum atomic E-state index is -1.45. The van der Waals surface area contributed by atoms with Gasteiger partial charge in [-0.05, 0) is 26.2 Å². The summed E-state index contributed by atoms with van der Waals surface area (Å²) in [7, 11) is 0. The molecule has 0 aliphatic heterocycles. The number of primary amides is 1.